The van der Waals surface area contributed by atoms with Gasteiger partial charge in [0.05, 0.1) is 11.1 Å². The largest absolute Gasteiger partial charge is 0.337 e. The Kier molecular flexibility index (Phi) is 2.14. The van der Waals surface area contributed by atoms with Gasteiger partial charge in [0, 0.05) is 11.8 Å². The number of fused-ring (bicyclic) bond motifs is 1. The summed E-state index contributed by atoms with van der Waals surface area (Å²) in [6.45, 7) is 0. The molecule has 2 nitrogen and oxygen atoms in total. The molecule has 0 unspecified atom stereocenters. The fourth-order valence-corrected chi connectivity index (χ4v) is 1.81. The molecule has 0 aliphatic carbocycles. The number of hydrogen-bond donors (Lipinski definition) is 1. The first-order chi connectivity index (χ1) is 8.25. The molecule has 17 heavy (non-hydrogen) atoms. The van der Waals surface area contributed by atoms with E-state index in [9.17, 15) is 8.78 Å². The van der Waals surface area contributed by atoms with E-state index in [0.29, 0.717) is 22.3 Å². The highest BCUT2D eigenvalue weighted by Gasteiger charge is 2.12. The minimum atomic E-state index is -0.361. The van der Waals surface area contributed by atoms with Crippen molar-refractivity contribution >= 4 is 11.0 Å². The molecule has 2 heterocycles. The van der Waals surface area contributed by atoms with Crippen molar-refractivity contribution in [2.24, 2.45) is 0 Å². The highest BCUT2D eigenvalue weighted by Crippen LogP contribution is 2.27. The van der Waals surface area contributed by atoms with Crippen LogP contribution in [0.25, 0.3) is 22.3 Å². The van der Waals surface area contributed by atoms with E-state index in [1.807, 2.05) is 0 Å². The fraction of sp³-hybridized carbons (Fsp3) is 0. The number of nitrogens with zero attached hydrogens (tertiary/aromatic N) is 1. The molecule has 0 aliphatic rings. The molecule has 0 radical (unpaired) electrons. The molecular weight excluding hydrogens is 222 g/mol. The molecule has 3 rings (SSSR count). The van der Waals surface area contributed by atoms with Gasteiger partial charge in [-0.25, -0.2) is 13.8 Å². The molecular formula is C13H8F2N2. The van der Waals surface area contributed by atoms with Gasteiger partial charge in [0.1, 0.15) is 11.5 Å². The van der Waals surface area contributed by atoms with Crippen molar-refractivity contribution in [1.82, 2.24) is 9.97 Å². The van der Waals surface area contributed by atoms with Gasteiger partial charge in [-0.15, -0.1) is 0 Å². The number of aromatic nitrogens is 2. The lowest BCUT2D eigenvalue weighted by Crippen LogP contribution is -1.82. The van der Waals surface area contributed by atoms with Gasteiger partial charge in [-0.2, -0.15) is 0 Å². The number of pyridine rings is 1. The van der Waals surface area contributed by atoms with Crippen LogP contribution in [0.2, 0.25) is 0 Å². The Labute approximate surface area is 95.9 Å². The zero-order valence-corrected chi connectivity index (χ0v) is 8.74. The van der Waals surface area contributed by atoms with Gasteiger partial charge < -0.3 is 4.98 Å². The van der Waals surface area contributed by atoms with Crippen LogP contribution in [0.15, 0.2) is 42.6 Å². The maximum absolute atomic E-state index is 14.1. The second kappa shape index (κ2) is 3.66. The predicted molar refractivity (Wildman–Crippen MR) is 61.4 cm³/mol. The van der Waals surface area contributed by atoms with Crippen molar-refractivity contribution in [3.63, 3.8) is 0 Å². The minimum Gasteiger partial charge on any atom is -0.337 e. The van der Waals surface area contributed by atoms with Crippen LogP contribution >= 0.6 is 0 Å². The highest BCUT2D eigenvalue weighted by molar-refractivity contribution is 5.83. The van der Waals surface area contributed by atoms with Crippen LogP contribution in [0.5, 0.6) is 0 Å². The minimum absolute atomic E-state index is 0.332. The number of benzene rings is 1. The third kappa shape index (κ3) is 1.58. The Morgan fingerprint density at radius 2 is 1.76 bits per heavy atom. The summed E-state index contributed by atoms with van der Waals surface area (Å²) >= 11 is 0. The summed E-state index contributed by atoms with van der Waals surface area (Å²) in [5.74, 6) is -0.705. The fourth-order valence-electron chi connectivity index (χ4n) is 1.81. The van der Waals surface area contributed by atoms with E-state index in [0.717, 1.165) is 0 Å². The molecule has 2 aromatic heterocycles. The maximum atomic E-state index is 14.1. The lowest BCUT2D eigenvalue weighted by Gasteiger charge is -1.97. The van der Waals surface area contributed by atoms with Crippen molar-refractivity contribution in [3.05, 3.63) is 54.2 Å². The summed E-state index contributed by atoms with van der Waals surface area (Å²) in [6, 6.07) is 8.99. The molecule has 0 spiro atoms. The number of nitrogens with one attached hydrogen (secondary N) is 1. The monoisotopic (exact) mass is 230 g/mol. The average Bonchev–Trinajstić information content (AvgIpc) is 2.69. The normalized spacial score (nSPS) is 10.9. The van der Waals surface area contributed by atoms with Crippen LogP contribution in [0.4, 0.5) is 8.78 Å². The first kappa shape index (κ1) is 9.96. The average molecular weight is 230 g/mol. The number of halogens is 2. The molecule has 0 atom stereocenters. The molecule has 1 N–H and O–H groups in total. The number of hydrogen-bond acceptors (Lipinski definition) is 1. The smallest absolute Gasteiger partial charge is 0.158 e. The molecule has 4 heteroatoms. The molecule has 0 saturated carbocycles. The van der Waals surface area contributed by atoms with Crippen molar-refractivity contribution in [2.45, 2.75) is 0 Å². The Balaban J connectivity index is 2.24. The van der Waals surface area contributed by atoms with E-state index in [2.05, 4.69) is 9.97 Å². The summed E-state index contributed by atoms with van der Waals surface area (Å²) in [5, 5.41) is 0.437. The first-order valence-corrected chi connectivity index (χ1v) is 5.14. The van der Waals surface area contributed by atoms with Crippen molar-refractivity contribution < 1.29 is 8.78 Å². The topological polar surface area (TPSA) is 28.7 Å². The summed E-state index contributed by atoms with van der Waals surface area (Å²) in [6.07, 6.45) is 1.59. The van der Waals surface area contributed by atoms with E-state index in [1.165, 1.54) is 24.3 Å². The summed E-state index contributed by atoms with van der Waals surface area (Å²) in [7, 11) is 0. The van der Waals surface area contributed by atoms with E-state index in [-0.39, 0.29) is 11.6 Å². The van der Waals surface area contributed by atoms with E-state index in [4.69, 9.17) is 0 Å². The van der Waals surface area contributed by atoms with Crippen LogP contribution < -0.4 is 0 Å². The molecule has 1 aromatic carbocycles. The van der Waals surface area contributed by atoms with Gasteiger partial charge in [0.15, 0.2) is 5.82 Å². The van der Waals surface area contributed by atoms with Crippen LogP contribution in [-0.4, -0.2) is 9.97 Å². The zero-order valence-electron chi connectivity index (χ0n) is 8.74. The van der Waals surface area contributed by atoms with Crippen LogP contribution in [-0.2, 0) is 0 Å². The van der Waals surface area contributed by atoms with Crippen LogP contribution in [0, 0.1) is 11.6 Å². The van der Waals surface area contributed by atoms with Gasteiger partial charge in [-0.05, 0) is 36.4 Å². The van der Waals surface area contributed by atoms with Crippen molar-refractivity contribution in [1.29, 1.82) is 0 Å². The van der Waals surface area contributed by atoms with Crippen molar-refractivity contribution in [2.75, 3.05) is 0 Å². The second-order valence-corrected chi connectivity index (χ2v) is 3.72. The molecule has 0 saturated heterocycles. The first-order valence-electron chi connectivity index (χ1n) is 5.14. The SMILES string of the molecule is Fc1ccc(-c2[nH]c3ncccc3c2F)cc1. The third-order valence-electron chi connectivity index (χ3n) is 2.64. The van der Waals surface area contributed by atoms with Crippen LogP contribution in [0.3, 0.4) is 0 Å². The van der Waals surface area contributed by atoms with Crippen molar-refractivity contribution in [3.8, 4) is 11.3 Å². The number of H-pyrrole nitrogens is 1. The Hall–Kier alpha value is -2.23. The highest BCUT2D eigenvalue weighted by atomic mass is 19.1. The summed E-state index contributed by atoms with van der Waals surface area (Å²) in [5.41, 5.74) is 1.42. The molecule has 3 aromatic rings. The standard InChI is InChI=1S/C13H8F2N2/c14-9-5-3-8(4-6-9)12-11(15)10-2-1-7-16-13(10)17-12/h1-7H,(H,16,17). The van der Waals surface area contributed by atoms with Gasteiger partial charge in [-0.1, -0.05) is 0 Å². The van der Waals surface area contributed by atoms with Gasteiger partial charge in [0.25, 0.3) is 0 Å². The predicted octanol–water partition coefficient (Wildman–Crippen LogP) is 3.51. The van der Waals surface area contributed by atoms with Gasteiger partial charge in [-0.3, -0.25) is 0 Å². The lowest BCUT2D eigenvalue weighted by molar-refractivity contribution is 0.627. The number of rotatable bonds is 1. The van der Waals surface area contributed by atoms with Crippen LogP contribution in [0.1, 0.15) is 0 Å². The molecule has 0 amide bonds. The summed E-state index contributed by atoms with van der Waals surface area (Å²) < 4.78 is 26.8. The molecule has 0 bridgehead atoms. The van der Waals surface area contributed by atoms with E-state index < -0.39 is 0 Å². The van der Waals surface area contributed by atoms with Gasteiger partial charge >= 0.3 is 0 Å². The Morgan fingerprint density at radius 3 is 2.47 bits per heavy atom. The second-order valence-electron chi connectivity index (χ2n) is 3.72. The number of aromatic amines is 1. The lowest BCUT2D eigenvalue weighted by atomic mass is 10.1. The quantitative estimate of drug-likeness (QED) is 0.680. The molecule has 0 fully saturated rings. The van der Waals surface area contributed by atoms with E-state index >= 15 is 0 Å². The Morgan fingerprint density at radius 1 is 1.00 bits per heavy atom. The summed E-state index contributed by atoms with van der Waals surface area (Å²) in [4.78, 5) is 6.93. The van der Waals surface area contributed by atoms with Gasteiger partial charge in [0.2, 0.25) is 0 Å². The maximum Gasteiger partial charge on any atom is 0.158 e. The zero-order chi connectivity index (χ0) is 11.8. The third-order valence-corrected chi connectivity index (χ3v) is 2.64. The van der Waals surface area contributed by atoms with E-state index in [1.54, 1.807) is 18.3 Å². The molecule has 84 valence electrons. The Bertz CT molecular complexity index is 671. The molecule has 0 aliphatic heterocycles.